The molecule has 0 aromatic carbocycles. The number of anilines is 1. The third-order valence-corrected chi connectivity index (χ3v) is 4.39. The molecule has 0 amide bonds. The molecule has 0 bridgehead atoms. The summed E-state index contributed by atoms with van der Waals surface area (Å²) in [5.74, 6) is 0.916. The Morgan fingerprint density at radius 1 is 1.50 bits per heavy atom. The van der Waals surface area contributed by atoms with Gasteiger partial charge in [-0.2, -0.15) is 0 Å². The first-order valence-electron chi connectivity index (χ1n) is 6.23. The van der Waals surface area contributed by atoms with Crippen molar-refractivity contribution in [3.63, 3.8) is 0 Å². The van der Waals surface area contributed by atoms with Crippen LogP contribution < -0.4 is 10.6 Å². The molecule has 1 atom stereocenters. The Morgan fingerprint density at radius 2 is 2.38 bits per heavy atom. The summed E-state index contributed by atoms with van der Waals surface area (Å²) in [6.45, 7) is 5.18. The molecule has 4 heteroatoms. The lowest BCUT2D eigenvalue weighted by atomic mass is 9.98. The van der Waals surface area contributed by atoms with E-state index in [-0.39, 0.29) is 0 Å². The minimum atomic E-state index is 0.557. The van der Waals surface area contributed by atoms with E-state index in [0.29, 0.717) is 6.54 Å². The molecule has 1 aromatic rings. The lowest BCUT2D eigenvalue weighted by molar-refractivity contribution is 0.459. The van der Waals surface area contributed by atoms with Crippen LogP contribution in [0.5, 0.6) is 0 Å². The van der Waals surface area contributed by atoms with E-state index in [1.165, 1.54) is 25.7 Å². The smallest absolute Gasteiger partial charge is 0.185 e. The fraction of sp³-hybridized carbons (Fsp3) is 0.750. The van der Waals surface area contributed by atoms with Crippen molar-refractivity contribution in [3.05, 3.63) is 11.1 Å². The van der Waals surface area contributed by atoms with Crippen molar-refractivity contribution >= 4 is 16.5 Å². The maximum Gasteiger partial charge on any atom is 0.185 e. The van der Waals surface area contributed by atoms with Crippen molar-refractivity contribution in [2.75, 3.05) is 18.0 Å². The number of aromatic nitrogens is 1. The lowest BCUT2D eigenvalue weighted by Gasteiger charge is -2.19. The van der Waals surface area contributed by atoms with Crippen LogP contribution in [-0.4, -0.2) is 18.1 Å². The van der Waals surface area contributed by atoms with Gasteiger partial charge < -0.3 is 10.6 Å². The molecule has 2 N–H and O–H groups in total. The van der Waals surface area contributed by atoms with E-state index in [2.05, 4.69) is 22.2 Å². The predicted octanol–water partition coefficient (Wildman–Crippen LogP) is 2.62. The Labute approximate surface area is 102 Å². The SMILES string of the molecule is CCC1CCCN(c2nc(CN)cs2)CC1. The van der Waals surface area contributed by atoms with Gasteiger partial charge in [0.25, 0.3) is 0 Å². The highest BCUT2D eigenvalue weighted by molar-refractivity contribution is 7.13. The van der Waals surface area contributed by atoms with Crippen molar-refractivity contribution in [2.45, 2.75) is 39.2 Å². The molecular weight excluding hydrogens is 218 g/mol. The molecule has 1 aromatic heterocycles. The van der Waals surface area contributed by atoms with Crippen molar-refractivity contribution in [1.82, 2.24) is 4.98 Å². The lowest BCUT2D eigenvalue weighted by Crippen LogP contribution is -2.24. The number of hydrogen-bond donors (Lipinski definition) is 1. The zero-order valence-electron chi connectivity index (χ0n) is 9.98. The van der Waals surface area contributed by atoms with E-state index in [1.807, 2.05) is 0 Å². The van der Waals surface area contributed by atoms with E-state index < -0.39 is 0 Å². The fourth-order valence-corrected chi connectivity index (χ4v) is 3.19. The van der Waals surface area contributed by atoms with E-state index in [4.69, 9.17) is 5.73 Å². The van der Waals surface area contributed by atoms with Crippen molar-refractivity contribution in [3.8, 4) is 0 Å². The summed E-state index contributed by atoms with van der Waals surface area (Å²) in [7, 11) is 0. The summed E-state index contributed by atoms with van der Waals surface area (Å²) in [5.41, 5.74) is 6.62. The number of hydrogen-bond acceptors (Lipinski definition) is 4. The first kappa shape index (κ1) is 11.9. The zero-order valence-corrected chi connectivity index (χ0v) is 10.8. The molecule has 0 radical (unpaired) electrons. The zero-order chi connectivity index (χ0) is 11.4. The van der Waals surface area contributed by atoms with Crippen molar-refractivity contribution in [1.29, 1.82) is 0 Å². The van der Waals surface area contributed by atoms with Gasteiger partial charge in [-0.1, -0.05) is 13.3 Å². The Morgan fingerprint density at radius 3 is 3.06 bits per heavy atom. The second-order valence-electron chi connectivity index (χ2n) is 4.52. The normalized spacial score (nSPS) is 22.1. The topological polar surface area (TPSA) is 42.2 Å². The standard InChI is InChI=1S/C12H21N3S/c1-2-10-4-3-6-15(7-5-10)12-14-11(8-13)9-16-12/h9-10H,2-8,13H2,1H3. The van der Waals surface area contributed by atoms with Crippen LogP contribution >= 0.6 is 11.3 Å². The summed E-state index contributed by atoms with van der Waals surface area (Å²) >= 11 is 1.73. The molecule has 90 valence electrons. The van der Waals surface area contributed by atoms with Gasteiger partial charge in [0, 0.05) is 25.0 Å². The van der Waals surface area contributed by atoms with Gasteiger partial charge in [-0.05, 0) is 25.2 Å². The summed E-state index contributed by atoms with van der Waals surface area (Å²) < 4.78 is 0. The van der Waals surface area contributed by atoms with Gasteiger partial charge in [0.15, 0.2) is 5.13 Å². The molecule has 16 heavy (non-hydrogen) atoms. The Hall–Kier alpha value is -0.610. The van der Waals surface area contributed by atoms with Gasteiger partial charge in [-0.15, -0.1) is 11.3 Å². The third kappa shape index (κ3) is 2.74. The number of thiazole rings is 1. The van der Waals surface area contributed by atoms with Gasteiger partial charge >= 0.3 is 0 Å². The van der Waals surface area contributed by atoms with Gasteiger partial charge in [0.2, 0.25) is 0 Å². The second kappa shape index (κ2) is 5.64. The van der Waals surface area contributed by atoms with Crippen molar-refractivity contribution < 1.29 is 0 Å². The monoisotopic (exact) mass is 239 g/mol. The first-order chi connectivity index (χ1) is 7.83. The Bertz CT molecular complexity index is 324. The Kier molecular flexibility index (Phi) is 4.18. The summed E-state index contributed by atoms with van der Waals surface area (Å²) in [6, 6.07) is 0. The summed E-state index contributed by atoms with van der Waals surface area (Å²) in [6.07, 6.45) is 5.31. The van der Waals surface area contributed by atoms with E-state index in [9.17, 15) is 0 Å². The quantitative estimate of drug-likeness (QED) is 0.881. The number of nitrogens with zero attached hydrogens (tertiary/aromatic N) is 2. The summed E-state index contributed by atoms with van der Waals surface area (Å²) in [4.78, 5) is 6.99. The summed E-state index contributed by atoms with van der Waals surface area (Å²) in [5, 5.41) is 3.24. The van der Waals surface area contributed by atoms with Crippen LogP contribution in [0.15, 0.2) is 5.38 Å². The molecule has 2 rings (SSSR count). The van der Waals surface area contributed by atoms with Crippen LogP contribution in [0.1, 0.15) is 38.3 Å². The minimum absolute atomic E-state index is 0.557. The molecule has 0 aliphatic carbocycles. The average Bonchev–Trinajstić information content (AvgIpc) is 2.67. The Balaban J connectivity index is 1.99. The van der Waals surface area contributed by atoms with Gasteiger partial charge in [0.1, 0.15) is 0 Å². The molecule has 1 fully saturated rings. The third-order valence-electron chi connectivity index (χ3n) is 3.44. The fourth-order valence-electron chi connectivity index (χ4n) is 2.30. The van der Waals surface area contributed by atoms with E-state index in [1.54, 1.807) is 11.3 Å². The molecule has 0 spiro atoms. The highest BCUT2D eigenvalue weighted by atomic mass is 32.1. The minimum Gasteiger partial charge on any atom is -0.348 e. The average molecular weight is 239 g/mol. The first-order valence-corrected chi connectivity index (χ1v) is 7.11. The van der Waals surface area contributed by atoms with Gasteiger partial charge in [-0.3, -0.25) is 0 Å². The molecule has 1 aliphatic heterocycles. The second-order valence-corrected chi connectivity index (χ2v) is 5.35. The maximum atomic E-state index is 5.59. The maximum absolute atomic E-state index is 5.59. The highest BCUT2D eigenvalue weighted by Crippen LogP contribution is 2.26. The molecule has 1 unspecified atom stereocenters. The van der Waals surface area contributed by atoms with Crippen LogP contribution in [0, 0.1) is 5.92 Å². The molecule has 1 saturated heterocycles. The highest BCUT2D eigenvalue weighted by Gasteiger charge is 2.17. The van der Waals surface area contributed by atoms with Gasteiger partial charge in [0.05, 0.1) is 5.69 Å². The largest absolute Gasteiger partial charge is 0.348 e. The van der Waals surface area contributed by atoms with Crippen LogP contribution in [0.3, 0.4) is 0 Å². The molecule has 1 aliphatic rings. The van der Waals surface area contributed by atoms with E-state index in [0.717, 1.165) is 29.8 Å². The van der Waals surface area contributed by atoms with Crippen LogP contribution in [0.25, 0.3) is 0 Å². The van der Waals surface area contributed by atoms with E-state index >= 15 is 0 Å². The van der Waals surface area contributed by atoms with Crippen molar-refractivity contribution in [2.24, 2.45) is 11.7 Å². The van der Waals surface area contributed by atoms with Gasteiger partial charge in [-0.25, -0.2) is 4.98 Å². The van der Waals surface area contributed by atoms with Crippen LogP contribution in [0.2, 0.25) is 0 Å². The predicted molar refractivity (Wildman–Crippen MR) is 69.9 cm³/mol. The number of rotatable bonds is 3. The molecule has 3 nitrogen and oxygen atoms in total. The van der Waals surface area contributed by atoms with Crippen LogP contribution in [-0.2, 0) is 6.54 Å². The molecule has 0 saturated carbocycles. The molecule has 2 heterocycles. The molecular formula is C12H21N3S. The van der Waals surface area contributed by atoms with Crippen LogP contribution in [0.4, 0.5) is 5.13 Å². The number of nitrogens with two attached hydrogens (primary N) is 1.